The van der Waals surface area contributed by atoms with Gasteiger partial charge >= 0.3 is 0 Å². The van der Waals surface area contributed by atoms with E-state index in [9.17, 15) is 0 Å². The molecule has 0 N–H and O–H groups in total. The third-order valence-corrected chi connectivity index (χ3v) is 8.26. The van der Waals surface area contributed by atoms with Gasteiger partial charge in [0.25, 0.3) is 0 Å². The fourth-order valence-corrected chi connectivity index (χ4v) is 6.33. The van der Waals surface area contributed by atoms with Gasteiger partial charge < -0.3 is 8.98 Å². The van der Waals surface area contributed by atoms with Crippen LogP contribution in [0.25, 0.3) is 83.6 Å². The quantitative estimate of drug-likeness (QED) is 0.213. The van der Waals surface area contributed by atoms with E-state index in [4.69, 9.17) is 19.4 Å². The maximum absolute atomic E-state index is 6.52. The number of hydrogen-bond acceptors (Lipinski definition) is 4. The molecule has 0 atom stereocenters. The first-order chi connectivity index (χ1) is 21.8. The van der Waals surface area contributed by atoms with E-state index in [1.807, 2.05) is 78.9 Å². The topological polar surface area (TPSA) is 56.7 Å². The van der Waals surface area contributed by atoms with Crippen molar-refractivity contribution >= 4 is 43.7 Å². The number of benzene rings is 6. The summed E-state index contributed by atoms with van der Waals surface area (Å²) in [5.41, 5.74) is 7.70. The summed E-state index contributed by atoms with van der Waals surface area (Å²) >= 11 is 0. The molecule has 44 heavy (non-hydrogen) atoms. The number of hydrogen-bond donors (Lipinski definition) is 0. The maximum Gasteiger partial charge on any atom is 0.164 e. The molecule has 206 valence electrons. The molecule has 0 amide bonds. The summed E-state index contributed by atoms with van der Waals surface area (Å²) in [5.74, 6) is 1.85. The van der Waals surface area contributed by atoms with Crippen LogP contribution in [0.5, 0.6) is 0 Å². The first kappa shape index (κ1) is 24.5. The van der Waals surface area contributed by atoms with E-state index in [-0.39, 0.29) is 0 Å². The Morgan fingerprint density at radius 3 is 1.52 bits per heavy atom. The second kappa shape index (κ2) is 9.75. The van der Waals surface area contributed by atoms with E-state index in [1.54, 1.807) is 0 Å². The van der Waals surface area contributed by atoms with Gasteiger partial charge in [-0.1, -0.05) is 115 Å². The minimum absolute atomic E-state index is 0.600. The van der Waals surface area contributed by atoms with Crippen molar-refractivity contribution < 1.29 is 4.42 Å². The molecular formula is C39H24N4O. The van der Waals surface area contributed by atoms with Crippen LogP contribution in [0.1, 0.15) is 0 Å². The first-order valence-electron chi connectivity index (χ1n) is 14.6. The van der Waals surface area contributed by atoms with Gasteiger partial charge in [-0.2, -0.15) is 0 Å². The molecule has 5 heteroatoms. The van der Waals surface area contributed by atoms with Crippen molar-refractivity contribution in [1.82, 2.24) is 19.5 Å². The van der Waals surface area contributed by atoms with Crippen LogP contribution in [-0.4, -0.2) is 19.5 Å². The molecule has 5 nitrogen and oxygen atoms in total. The smallest absolute Gasteiger partial charge is 0.164 e. The Bertz CT molecular complexity index is 2380. The molecule has 9 aromatic rings. The summed E-state index contributed by atoms with van der Waals surface area (Å²) in [6, 6.07) is 49.6. The van der Waals surface area contributed by atoms with Crippen molar-refractivity contribution in [3.05, 3.63) is 146 Å². The summed E-state index contributed by atoms with van der Waals surface area (Å²) < 4.78 is 8.87. The lowest BCUT2D eigenvalue weighted by molar-refractivity contribution is 0.669. The maximum atomic E-state index is 6.52. The predicted molar refractivity (Wildman–Crippen MR) is 178 cm³/mol. The van der Waals surface area contributed by atoms with Gasteiger partial charge in [0, 0.05) is 32.8 Å². The van der Waals surface area contributed by atoms with Crippen molar-refractivity contribution in [3.63, 3.8) is 0 Å². The van der Waals surface area contributed by atoms with Crippen molar-refractivity contribution in [3.8, 4) is 39.9 Å². The summed E-state index contributed by atoms with van der Waals surface area (Å²) in [5, 5.41) is 4.42. The van der Waals surface area contributed by atoms with Crippen LogP contribution in [0.2, 0.25) is 0 Å². The van der Waals surface area contributed by atoms with Crippen LogP contribution >= 0.6 is 0 Å². The largest absolute Gasteiger partial charge is 0.456 e. The van der Waals surface area contributed by atoms with E-state index in [2.05, 4.69) is 71.3 Å². The van der Waals surface area contributed by atoms with E-state index < -0.39 is 0 Å². The number of rotatable bonds is 4. The Hall–Kier alpha value is -6.07. The Morgan fingerprint density at radius 1 is 0.409 bits per heavy atom. The fraction of sp³-hybridized carbons (Fsp3) is 0. The molecule has 0 bridgehead atoms. The van der Waals surface area contributed by atoms with Crippen LogP contribution < -0.4 is 0 Å². The second-order valence-electron chi connectivity index (χ2n) is 10.8. The standard InChI is InChI=1S/C39H24N4O/c1-3-13-25(14-4-1)37-40-38(26-15-5-2-6-16-26)42-39(41-37)29-19-11-23-33-35(29)36-32(22-12-24-34(36)44-33)43-30-20-9-7-17-27(30)28-18-8-10-21-31(28)43/h1-24H. The van der Waals surface area contributed by atoms with Gasteiger partial charge in [0.2, 0.25) is 0 Å². The SMILES string of the molecule is c1ccc(-c2nc(-c3ccccc3)nc(-c3cccc4oc5cccc(-n6c7ccccc7c7ccccc76)c5c34)n2)cc1. The average molecular weight is 565 g/mol. The van der Waals surface area contributed by atoms with Crippen LogP contribution in [0.15, 0.2) is 150 Å². The van der Waals surface area contributed by atoms with Gasteiger partial charge in [0.15, 0.2) is 17.5 Å². The molecule has 6 aromatic carbocycles. The van der Waals surface area contributed by atoms with Crippen LogP contribution in [0.3, 0.4) is 0 Å². The highest BCUT2D eigenvalue weighted by atomic mass is 16.3. The molecular weight excluding hydrogens is 540 g/mol. The summed E-state index contributed by atoms with van der Waals surface area (Å²) in [6.07, 6.45) is 0. The van der Waals surface area contributed by atoms with Crippen molar-refractivity contribution in [2.45, 2.75) is 0 Å². The van der Waals surface area contributed by atoms with E-state index in [0.29, 0.717) is 17.5 Å². The van der Waals surface area contributed by atoms with Gasteiger partial charge in [-0.05, 0) is 30.3 Å². The van der Waals surface area contributed by atoms with Crippen molar-refractivity contribution in [2.75, 3.05) is 0 Å². The van der Waals surface area contributed by atoms with E-state index in [0.717, 1.165) is 55.3 Å². The molecule has 0 saturated carbocycles. The Balaban J connectivity index is 1.37. The molecule has 3 heterocycles. The first-order valence-corrected chi connectivity index (χ1v) is 14.6. The monoisotopic (exact) mass is 564 g/mol. The summed E-state index contributed by atoms with van der Waals surface area (Å²) in [4.78, 5) is 15.0. The number of nitrogens with zero attached hydrogens (tertiary/aromatic N) is 4. The predicted octanol–water partition coefficient (Wildman–Crippen LogP) is 9.87. The highest BCUT2D eigenvalue weighted by Crippen LogP contribution is 2.41. The fourth-order valence-electron chi connectivity index (χ4n) is 6.33. The normalized spacial score (nSPS) is 11.6. The molecule has 0 unspecified atom stereocenters. The van der Waals surface area contributed by atoms with E-state index in [1.165, 1.54) is 10.8 Å². The Kier molecular flexibility index (Phi) is 5.43. The lowest BCUT2D eigenvalue weighted by Crippen LogP contribution is -2.00. The molecule has 3 aromatic heterocycles. The van der Waals surface area contributed by atoms with Crippen molar-refractivity contribution in [2.24, 2.45) is 0 Å². The van der Waals surface area contributed by atoms with Crippen LogP contribution in [0, 0.1) is 0 Å². The van der Waals surface area contributed by atoms with Gasteiger partial charge in [-0.3, -0.25) is 0 Å². The number of furan rings is 1. The number of fused-ring (bicyclic) bond motifs is 6. The minimum Gasteiger partial charge on any atom is -0.456 e. The number of aromatic nitrogens is 4. The van der Waals surface area contributed by atoms with E-state index >= 15 is 0 Å². The molecule has 0 aliphatic rings. The Morgan fingerprint density at radius 2 is 0.909 bits per heavy atom. The zero-order chi connectivity index (χ0) is 29.0. The van der Waals surface area contributed by atoms with Crippen LogP contribution in [0.4, 0.5) is 0 Å². The zero-order valence-corrected chi connectivity index (χ0v) is 23.6. The van der Waals surface area contributed by atoms with Crippen LogP contribution in [-0.2, 0) is 0 Å². The van der Waals surface area contributed by atoms with Crippen molar-refractivity contribution in [1.29, 1.82) is 0 Å². The molecule has 0 saturated heterocycles. The molecule has 0 aliphatic carbocycles. The number of para-hydroxylation sites is 2. The third-order valence-electron chi connectivity index (χ3n) is 8.26. The minimum atomic E-state index is 0.600. The average Bonchev–Trinajstić information content (AvgIpc) is 3.65. The van der Waals surface area contributed by atoms with Gasteiger partial charge in [-0.15, -0.1) is 0 Å². The molecule has 9 rings (SSSR count). The third kappa shape index (κ3) is 3.76. The lowest BCUT2D eigenvalue weighted by atomic mass is 10.0. The Labute approximate surface area is 252 Å². The second-order valence-corrected chi connectivity index (χ2v) is 10.8. The summed E-state index contributed by atoms with van der Waals surface area (Å²) in [7, 11) is 0. The highest BCUT2D eigenvalue weighted by Gasteiger charge is 2.21. The molecule has 0 radical (unpaired) electrons. The van der Waals surface area contributed by atoms with Gasteiger partial charge in [-0.25, -0.2) is 15.0 Å². The molecule has 0 spiro atoms. The molecule has 0 fully saturated rings. The van der Waals surface area contributed by atoms with Gasteiger partial charge in [0.05, 0.1) is 22.1 Å². The lowest BCUT2D eigenvalue weighted by Gasteiger charge is -2.11. The summed E-state index contributed by atoms with van der Waals surface area (Å²) in [6.45, 7) is 0. The zero-order valence-electron chi connectivity index (χ0n) is 23.6. The van der Waals surface area contributed by atoms with Gasteiger partial charge in [0.1, 0.15) is 11.2 Å². The highest BCUT2D eigenvalue weighted by molar-refractivity contribution is 6.17. The molecule has 0 aliphatic heterocycles.